The Labute approximate surface area is 141 Å². The van der Waals surface area contributed by atoms with Crippen LogP contribution in [0.25, 0.3) is 11.4 Å². The van der Waals surface area contributed by atoms with Crippen molar-refractivity contribution in [3.63, 3.8) is 0 Å². The molecule has 0 radical (unpaired) electrons. The summed E-state index contributed by atoms with van der Waals surface area (Å²) in [5.74, 6) is -2.38. The third kappa shape index (κ3) is 5.50. The summed E-state index contributed by atoms with van der Waals surface area (Å²) in [5, 5.41) is 0. The Morgan fingerprint density at radius 1 is 1.29 bits per heavy atom. The third-order valence-corrected chi connectivity index (χ3v) is 3.23. The molecular formula is C15H16F2N2O4S. The molecule has 0 unspecified atom stereocenters. The van der Waals surface area contributed by atoms with Crippen molar-refractivity contribution in [1.29, 1.82) is 0 Å². The smallest absolute Gasteiger partial charge is 0.278 e. The van der Waals surface area contributed by atoms with Gasteiger partial charge in [-0.05, 0) is 25.1 Å². The summed E-state index contributed by atoms with van der Waals surface area (Å²) in [7, 11) is 0. The molecule has 2 aromatic heterocycles. The highest BCUT2D eigenvalue weighted by Gasteiger charge is 2.22. The molecule has 6 nitrogen and oxygen atoms in total. The van der Waals surface area contributed by atoms with Crippen LogP contribution >= 0.6 is 12.3 Å². The molecule has 0 bridgehead atoms. The average molecular weight is 358 g/mol. The van der Waals surface area contributed by atoms with Crippen molar-refractivity contribution in [2.45, 2.75) is 19.8 Å². The van der Waals surface area contributed by atoms with Crippen LogP contribution in [0.2, 0.25) is 0 Å². The highest BCUT2D eigenvalue weighted by Crippen LogP contribution is 2.28. The molecule has 0 saturated heterocycles. The van der Waals surface area contributed by atoms with Gasteiger partial charge in [-0.3, -0.25) is 14.0 Å². The van der Waals surface area contributed by atoms with Crippen molar-refractivity contribution in [3.05, 3.63) is 40.8 Å². The van der Waals surface area contributed by atoms with Crippen LogP contribution in [0, 0.1) is 0 Å². The van der Waals surface area contributed by atoms with Gasteiger partial charge in [-0.15, -0.1) is 0 Å². The maximum Gasteiger partial charge on any atom is 0.278 e. The summed E-state index contributed by atoms with van der Waals surface area (Å²) >= 11 is 0.777. The molecule has 2 aromatic rings. The average Bonchev–Trinajstić information content (AvgIpc) is 2.54. The number of aromatic amines is 1. The molecule has 0 saturated carbocycles. The molecule has 2 heterocycles. The molecule has 0 aliphatic rings. The quantitative estimate of drug-likeness (QED) is 0.576. The first-order chi connectivity index (χ1) is 11.4. The van der Waals surface area contributed by atoms with Crippen LogP contribution < -0.4 is 14.5 Å². The lowest BCUT2D eigenvalue weighted by Crippen LogP contribution is -2.20. The number of alkyl halides is 2. The molecule has 0 aliphatic heterocycles. The number of H-pyrrole nitrogens is 1. The summed E-state index contributed by atoms with van der Waals surface area (Å²) in [6.45, 7) is 2.29. The molecule has 0 amide bonds. The lowest BCUT2D eigenvalue weighted by atomic mass is 10.2. The van der Waals surface area contributed by atoms with E-state index in [1.165, 1.54) is 30.5 Å². The van der Waals surface area contributed by atoms with Crippen LogP contribution in [0.3, 0.4) is 0 Å². The molecule has 0 atom stereocenters. The number of nitrogens with one attached hydrogen (secondary N) is 1. The number of ether oxygens (including phenoxy) is 1. The number of nitrogens with zero attached hydrogens (tertiary/aromatic N) is 1. The number of hydrogen-bond acceptors (Lipinski definition) is 6. The molecule has 0 aliphatic carbocycles. The fraction of sp³-hybridized carbons (Fsp3) is 0.333. The standard InChI is InChI=1S/C15H16F2N2O4S/c1-3-22-24-23-12-6-7-13(20)19-14(12)11-5-4-10(8-18-11)21-9-15(2,16)17/h4-8H,3,9H2,1-2H3,(H,19,20). The molecule has 2 rings (SSSR count). The molecule has 1 N–H and O–H groups in total. The SMILES string of the molecule is CCOSOc1ccc(=O)[nH]c1-c1ccc(OCC(C)(F)F)cn1. The predicted octanol–water partition coefficient (Wildman–Crippen LogP) is 3.45. The molecule has 0 spiro atoms. The van der Waals surface area contributed by atoms with Crippen LogP contribution in [0.1, 0.15) is 13.8 Å². The monoisotopic (exact) mass is 358 g/mol. The third-order valence-electron chi connectivity index (χ3n) is 2.66. The van der Waals surface area contributed by atoms with Gasteiger partial charge in [-0.1, -0.05) is 0 Å². The van der Waals surface area contributed by atoms with Crippen molar-refractivity contribution >= 4 is 12.3 Å². The summed E-state index contributed by atoms with van der Waals surface area (Å²) in [6.07, 6.45) is 1.30. The van der Waals surface area contributed by atoms with Crippen LogP contribution in [-0.4, -0.2) is 29.1 Å². The van der Waals surface area contributed by atoms with E-state index in [9.17, 15) is 13.6 Å². The molecule has 0 fully saturated rings. The zero-order chi connectivity index (χ0) is 17.6. The lowest BCUT2D eigenvalue weighted by molar-refractivity contribution is -0.0230. The van der Waals surface area contributed by atoms with Crippen molar-refractivity contribution in [2.24, 2.45) is 0 Å². The van der Waals surface area contributed by atoms with E-state index in [1.54, 1.807) is 0 Å². The fourth-order valence-electron chi connectivity index (χ4n) is 1.65. The summed E-state index contributed by atoms with van der Waals surface area (Å²) < 4.78 is 40.9. The fourth-order valence-corrected chi connectivity index (χ4v) is 2.01. The van der Waals surface area contributed by atoms with E-state index >= 15 is 0 Å². The van der Waals surface area contributed by atoms with Crippen LogP contribution in [0.15, 0.2) is 35.3 Å². The Kier molecular flexibility index (Phi) is 6.16. The van der Waals surface area contributed by atoms with E-state index in [0.717, 1.165) is 19.2 Å². The van der Waals surface area contributed by atoms with Gasteiger partial charge in [0.05, 0.1) is 18.5 Å². The first kappa shape index (κ1) is 18.2. The molecule has 24 heavy (non-hydrogen) atoms. The van der Waals surface area contributed by atoms with Crippen molar-refractivity contribution in [1.82, 2.24) is 9.97 Å². The second-order valence-electron chi connectivity index (χ2n) is 4.86. The highest BCUT2D eigenvalue weighted by atomic mass is 32.2. The van der Waals surface area contributed by atoms with Gasteiger partial charge in [-0.25, -0.2) is 8.78 Å². The van der Waals surface area contributed by atoms with E-state index in [2.05, 4.69) is 9.97 Å². The Bertz CT molecular complexity index is 717. The topological polar surface area (TPSA) is 73.4 Å². The number of hydrogen-bond donors (Lipinski definition) is 1. The van der Waals surface area contributed by atoms with E-state index < -0.39 is 12.5 Å². The first-order valence-electron chi connectivity index (χ1n) is 7.05. The van der Waals surface area contributed by atoms with Crippen molar-refractivity contribution in [2.75, 3.05) is 13.2 Å². The molecule has 130 valence electrons. The van der Waals surface area contributed by atoms with Gasteiger partial charge in [0.1, 0.15) is 11.4 Å². The van der Waals surface area contributed by atoms with Gasteiger partial charge in [0.15, 0.2) is 12.4 Å². The van der Waals surface area contributed by atoms with Crippen LogP contribution in [0.4, 0.5) is 8.78 Å². The van der Waals surface area contributed by atoms with E-state index in [-0.39, 0.29) is 11.3 Å². The van der Waals surface area contributed by atoms with Gasteiger partial charge in [0.25, 0.3) is 5.92 Å². The van der Waals surface area contributed by atoms with Crippen LogP contribution in [0.5, 0.6) is 11.5 Å². The predicted molar refractivity (Wildman–Crippen MR) is 86.3 cm³/mol. The van der Waals surface area contributed by atoms with Crippen LogP contribution in [-0.2, 0) is 4.18 Å². The Morgan fingerprint density at radius 2 is 2.08 bits per heavy atom. The number of halogens is 2. The zero-order valence-electron chi connectivity index (χ0n) is 13.0. The largest absolute Gasteiger partial charge is 0.486 e. The number of aromatic nitrogens is 2. The Morgan fingerprint density at radius 3 is 2.71 bits per heavy atom. The molecular weight excluding hydrogens is 342 g/mol. The maximum atomic E-state index is 12.8. The zero-order valence-corrected chi connectivity index (χ0v) is 13.9. The van der Waals surface area contributed by atoms with Crippen molar-refractivity contribution in [3.8, 4) is 22.9 Å². The summed E-state index contributed by atoms with van der Waals surface area (Å²) in [5.41, 5.74) is 0.420. The molecule has 9 heteroatoms. The highest BCUT2D eigenvalue weighted by molar-refractivity contribution is 7.90. The Hall–Kier alpha value is -2.13. The summed E-state index contributed by atoms with van der Waals surface area (Å²) in [4.78, 5) is 18.3. The summed E-state index contributed by atoms with van der Waals surface area (Å²) in [6, 6.07) is 5.82. The van der Waals surface area contributed by atoms with Crippen molar-refractivity contribution < 1.29 is 21.9 Å². The van der Waals surface area contributed by atoms with E-state index in [4.69, 9.17) is 13.1 Å². The van der Waals surface area contributed by atoms with Gasteiger partial charge in [0.2, 0.25) is 17.9 Å². The first-order valence-corrected chi connectivity index (χ1v) is 7.72. The minimum absolute atomic E-state index is 0.199. The normalized spacial score (nSPS) is 11.3. The number of rotatable bonds is 8. The van der Waals surface area contributed by atoms with Gasteiger partial charge in [-0.2, -0.15) is 0 Å². The second kappa shape index (κ2) is 8.11. The van der Waals surface area contributed by atoms with Gasteiger partial charge >= 0.3 is 0 Å². The second-order valence-corrected chi connectivity index (χ2v) is 5.40. The minimum atomic E-state index is -2.93. The van der Waals surface area contributed by atoms with Gasteiger partial charge in [0, 0.05) is 13.0 Å². The maximum absolute atomic E-state index is 12.8. The van der Waals surface area contributed by atoms with E-state index in [1.807, 2.05) is 6.92 Å². The Balaban J connectivity index is 2.18. The lowest BCUT2D eigenvalue weighted by Gasteiger charge is -2.12. The van der Waals surface area contributed by atoms with E-state index in [0.29, 0.717) is 23.7 Å². The minimum Gasteiger partial charge on any atom is -0.486 e. The van der Waals surface area contributed by atoms with Gasteiger partial charge < -0.3 is 13.9 Å². The number of pyridine rings is 2. The molecule has 0 aromatic carbocycles.